The lowest BCUT2D eigenvalue weighted by Crippen LogP contribution is -2.23. The summed E-state index contributed by atoms with van der Waals surface area (Å²) in [6, 6.07) is 0.516. The summed E-state index contributed by atoms with van der Waals surface area (Å²) in [5.74, 6) is 1.63. The molecule has 2 aliphatic rings. The average molecular weight is 355 g/mol. The number of nitrogens with one attached hydrogen (secondary N) is 2. The van der Waals surface area contributed by atoms with Crippen LogP contribution in [0.5, 0.6) is 0 Å². The van der Waals surface area contributed by atoms with Crippen molar-refractivity contribution in [2.75, 3.05) is 17.2 Å². The van der Waals surface area contributed by atoms with Gasteiger partial charge in [0.05, 0.1) is 11.6 Å². The van der Waals surface area contributed by atoms with Gasteiger partial charge in [0.15, 0.2) is 5.65 Å². The molecule has 1 saturated carbocycles. The van der Waals surface area contributed by atoms with Gasteiger partial charge in [-0.05, 0) is 44.9 Å². The maximum absolute atomic E-state index is 4.78. The molecular formula is C20H30N6. The lowest BCUT2D eigenvalue weighted by Gasteiger charge is -2.23. The van der Waals surface area contributed by atoms with Crippen LogP contribution in [0.1, 0.15) is 64.2 Å². The van der Waals surface area contributed by atoms with Gasteiger partial charge in [-0.15, -0.1) is 0 Å². The van der Waals surface area contributed by atoms with Gasteiger partial charge < -0.3 is 10.6 Å². The Hall–Kier alpha value is -2.11. The molecule has 0 unspecified atom stereocenters. The molecular weight excluding hydrogens is 324 g/mol. The highest BCUT2D eigenvalue weighted by molar-refractivity contribution is 5.87. The van der Waals surface area contributed by atoms with Crippen LogP contribution in [0, 0.1) is 0 Å². The first kappa shape index (κ1) is 17.3. The quantitative estimate of drug-likeness (QED) is 0.752. The molecule has 2 aromatic rings. The molecule has 140 valence electrons. The van der Waals surface area contributed by atoms with Crippen molar-refractivity contribution in [2.24, 2.45) is 7.05 Å². The molecule has 2 N–H and O–H groups in total. The molecule has 0 spiro atoms. The van der Waals surface area contributed by atoms with E-state index in [1.807, 2.05) is 17.9 Å². The van der Waals surface area contributed by atoms with E-state index in [-0.39, 0.29) is 0 Å². The van der Waals surface area contributed by atoms with E-state index < -0.39 is 0 Å². The van der Waals surface area contributed by atoms with Gasteiger partial charge in [0.25, 0.3) is 0 Å². The van der Waals surface area contributed by atoms with Crippen molar-refractivity contribution in [3.8, 4) is 0 Å². The Bertz CT molecular complexity index is 772. The van der Waals surface area contributed by atoms with Crippen molar-refractivity contribution in [1.82, 2.24) is 19.7 Å². The van der Waals surface area contributed by atoms with Crippen molar-refractivity contribution in [3.05, 3.63) is 17.8 Å². The highest BCUT2D eigenvalue weighted by Gasteiger charge is 2.17. The molecule has 0 atom stereocenters. The van der Waals surface area contributed by atoms with Gasteiger partial charge in [-0.1, -0.05) is 30.9 Å². The molecule has 2 aromatic heterocycles. The normalized spacial score (nSPS) is 18.7. The Morgan fingerprint density at radius 3 is 2.81 bits per heavy atom. The van der Waals surface area contributed by atoms with Gasteiger partial charge >= 0.3 is 0 Å². The number of aromatic nitrogens is 4. The zero-order valence-electron chi connectivity index (χ0n) is 15.8. The third-order valence-electron chi connectivity index (χ3n) is 5.65. The summed E-state index contributed by atoms with van der Waals surface area (Å²) >= 11 is 0. The minimum absolute atomic E-state index is 0.516. The number of anilines is 2. The first-order valence-corrected chi connectivity index (χ1v) is 10.2. The summed E-state index contributed by atoms with van der Waals surface area (Å²) in [6.07, 6.45) is 16.9. The molecule has 0 aliphatic heterocycles. The zero-order valence-corrected chi connectivity index (χ0v) is 15.8. The Kier molecular flexibility index (Phi) is 5.37. The van der Waals surface area contributed by atoms with Crippen LogP contribution in [-0.2, 0) is 7.05 Å². The fourth-order valence-electron chi connectivity index (χ4n) is 4.12. The molecule has 0 radical (unpaired) electrons. The van der Waals surface area contributed by atoms with Crippen molar-refractivity contribution >= 4 is 22.8 Å². The predicted octanol–water partition coefficient (Wildman–Crippen LogP) is 4.41. The Morgan fingerprint density at radius 2 is 2.00 bits per heavy atom. The predicted molar refractivity (Wildman–Crippen MR) is 106 cm³/mol. The second-order valence-electron chi connectivity index (χ2n) is 7.67. The largest absolute Gasteiger partial charge is 0.367 e. The summed E-state index contributed by atoms with van der Waals surface area (Å²) < 4.78 is 1.83. The van der Waals surface area contributed by atoms with E-state index in [4.69, 9.17) is 4.98 Å². The number of rotatable bonds is 6. The third kappa shape index (κ3) is 4.00. The van der Waals surface area contributed by atoms with E-state index in [0.29, 0.717) is 12.0 Å². The maximum atomic E-state index is 4.78. The van der Waals surface area contributed by atoms with Gasteiger partial charge in [0.1, 0.15) is 5.82 Å². The molecule has 0 aromatic carbocycles. The molecule has 4 rings (SSSR count). The lowest BCUT2D eigenvalue weighted by atomic mass is 9.95. The summed E-state index contributed by atoms with van der Waals surface area (Å²) in [5.41, 5.74) is 2.46. The number of fused-ring (bicyclic) bond motifs is 1. The van der Waals surface area contributed by atoms with Crippen LogP contribution >= 0.6 is 0 Å². The summed E-state index contributed by atoms with van der Waals surface area (Å²) in [6.45, 7) is 0.887. The van der Waals surface area contributed by atoms with Crippen molar-refractivity contribution < 1.29 is 0 Å². The summed E-state index contributed by atoms with van der Waals surface area (Å²) in [7, 11) is 1.94. The summed E-state index contributed by atoms with van der Waals surface area (Å²) in [5, 5.41) is 12.5. The summed E-state index contributed by atoms with van der Waals surface area (Å²) in [4.78, 5) is 9.47. The molecule has 2 aliphatic carbocycles. The van der Waals surface area contributed by atoms with Crippen molar-refractivity contribution in [3.63, 3.8) is 0 Å². The zero-order chi connectivity index (χ0) is 17.8. The topological polar surface area (TPSA) is 67.7 Å². The van der Waals surface area contributed by atoms with Gasteiger partial charge in [0, 0.05) is 19.6 Å². The van der Waals surface area contributed by atoms with Gasteiger partial charge in [-0.3, -0.25) is 4.68 Å². The second-order valence-corrected chi connectivity index (χ2v) is 7.67. The molecule has 0 saturated heterocycles. The lowest BCUT2D eigenvalue weighted by molar-refractivity contribution is 0.462. The first-order chi connectivity index (χ1) is 12.8. The molecule has 6 heteroatoms. The Balaban J connectivity index is 1.48. The van der Waals surface area contributed by atoms with Gasteiger partial charge in [-0.25, -0.2) is 0 Å². The van der Waals surface area contributed by atoms with Crippen LogP contribution in [0.3, 0.4) is 0 Å². The number of hydrogen-bond acceptors (Lipinski definition) is 5. The van der Waals surface area contributed by atoms with Crippen molar-refractivity contribution in [1.29, 1.82) is 0 Å². The first-order valence-electron chi connectivity index (χ1n) is 10.2. The molecule has 26 heavy (non-hydrogen) atoms. The monoisotopic (exact) mass is 354 g/mol. The molecule has 1 fully saturated rings. The smallest absolute Gasteiger partial charge is 0.226 e. The minimum Gasteiger partial charge on any atom is -0.367 e. The van der Waals surface area contributed by atoms with Crippen LogP contribution < -0.4 is 10.6 Å². The Labute approximate surface area is 155 Å². The minimum atomic E-state index is 0.516. The Morgan fingerprint density at radius 1 is 1.12 bits per heavy atom. The van der Waals surface area contributed by atoms with Crippen LogP contribution in [0.4, 0.5) is 11.8 Å². The number of aryl methyl sites for hydroxylation is 1. The van der Waals surface area contributed by atoms with E-state index in [9.17, 15) is 0 Å². The highest BCUT2D eigenvalue weighted by Crippen LogP contribution is 2.26. The van der Waals surface area contributed by atoms with Crippen molar-refractivity contribution in [2.45, 2.75) is 70.3 Å². The third-order valence-corrected chi connectivity index (χ3v) is 5.65. The fourth-order valence-corrected chi connectivity index (χ4v) is 4.12. The van der Waals surface area contributed by atoms with E-state index in [1.165, 1.54) is 57.8 Å². The van der Waals surface area contributed by atoms with Gasteiger partial charge in [0.2, 0.25) is 5.95 Å². The molecule has 0 amide bonds. The van der Waals surface area contributed by atoms with E-state index in [1.54, 1.807) is 5.57 Å². The molecule has 2 heterocycles. The van der Waals surface area contributed by atoms with Crippen LogP contribution in [0.2, 0.25) is 0 Å². The van der Waals surface area contributed by atoms with Crippen LogP contribution in [0.25, 0.3) is 11.0 Å². The standard InChI is InChI=1S/C20H30N6/c1-26-19-17(14-22-26)18(23-16-10-6-3-7-11-16)24-20(25-19)21-13-12-15-8-4-2-5-9-15/h8,14,16H,2-7,9-13H2,1H3,(H2,21,23,24,25). The van der Waals surface area contributed by atoms with Crippen LogP contribution in [0.15, 0.2) is 17.8 Å². The van der Waals surface area contributed by atoms with E-state index >= 15 is 0 Å². The molecule has 0 bridgehead atoms. The second kappa shape index (κ2) is 8.06. The average Bonchev–Trinajstić information content (AvgIpc) is 3.05. The maximum Gasteiger partial charge on any atom is 0.226 e. The van der Waals surface area contributed by atoms with E-state index in [0.717, 1.165) is 29.8 Å². The molecule has 6 nitrogen and oxygen atoms in total. The fraction of sp³-hybridized carbons (Fsp3) is 0.650. The SMILES string of the molecule is Cn1ncc2c(NC3CCCCC3)nc(NCCC3=CCCCC3)nc21. The van der Waals surface area contributed by atoms with E-state index in [2.05, 4.69) is 26.8 Å². The highest BCUT2D eigenvalue weighted by atomic mass is 15.3. The number of hydrogen-bond donors (Lipinski definition) is 2. The number of nitrogens with zero attached hydrogens (tertiary/aromatic N) is 4. The number of allylic oxidation sites excluding steroid dienone is 1. The van der Waals surface area contributed by atoms with Crippen LogP contribution in [-0.4, -0.2) is 32.3 Å². The van der Waals surface area contributed by atoms with Gasteiger partial charge in [-0.2, -0.15) is 15.1 Å².